The number of nitrogens with zero attached hydrogens (tertiary/aromatic N) is 4. The molecule has 3 rings (SSSR count). The van der Waals surface area contributed by atoms with Gasteiger partial charge in [-0.15, -0.1) is 24.0 Å². The van der Waals surface area contributed by atoms with Crippen molar-refractivity contribution in [1.29, 1.82) is 0 Å². The maximum absolute atomic E-state index is 5.31. The van der Waals surface area contributed by atoms with Crippen LogP contribution >= 0.6 is 24.0 Å². The standard InChI is InChI=1S/C17H24N6O2.HI/c1-12-20-16(25-22-12)10-19-17(18-2)21-13-7-8-23(11-13)14-5-4-6-15(9-14)24-3;/h4-6,9,13H,7-8,10-11H2,1-3H3,(H2,18,19,21);1H. The van der Waals surface area contributed by atoms with Gasteiger partial charge < -0.3 is 24.8 Å². The molecule has 0 bridgehead atoms. The summed E-state index contributed by atoms with van der Waals surface area (Å²) in [6, 6.07) is 8.47. The lowest BCUT2D eigenvalue weighted by molar-refractivity contribution is 0.371. The first-order valence-corrected chi connectivity index (χ1v) is 8.33. The highest BCUT2D eigenvalue weighted by molar-refractivity contribution is 14.0. The molecule has 9 heteroatoms. The monoisotopic (exact) mass is 472 g/mol. The second-order valence-electron chi connectivity index (χ2n) is 5.94. The highest BCUT2D eigenvalue weighted by Gasteiger charge is 2.23. The number of nitrogens with one attached hydrogen (secondary N) is 2. The maximum Gasteiger partial charge on any atom is 0.246 e. The lowest BCUT2D eigenvalue weighted by Gasteiger charge is -2.20. The smallest absolute Gasteiger partial charge is 0.246 e. The van der Waals surface area contributed by atoms with E-state index in [9.17, 15) is 0 Å². The molecule has 1 unspecified atom stereocenters. The zero-order chi connectivity index (χ0) is 17.6. The number of methoxy groups -OCH3 is 1. The van der Waals surface area contributed by atoms with Gasteiger partial charge in [0.25, 0.3) is 0 Å². The number of benzene rings is 1. The highest BCUT2D eigenvalue weighted by atomic mass is 127. The molecule has 2 heterocycles. The molecule has 2 aromatic rings. The van der Waals surface area contributed by atoms with Crippen LogP contribution in [0.15, 0.2) is 33.8 Å². The van der Waals surface area contributed by atoms with Gasteiger partial charge in [0.2, 0.25) is 5.89 Å². The molecule has 0 amide bonds. The molecule has 1 saturated heterocycles. The molecule has 1 aromatic heterocycles. The Morgan fingerprint density at radius 1 is 1.46 bits per heavy atom. The predicted octanol–water partition coefficient (Wildman–Crippen LogP) is 1.95. The third kappa shape index (κ3) is 5.23. The molecule has 26 heavy (non-hydrogen) atoms. The van der Waals surface area contributed by atoms with Crippen LogP contribution in [0.5, 0.6) is 5.75 Å². The number of guanidine groups is 1. The van der Waals surface area contributed by atoms with Gasteiger partial charge in [0.15, 0.2) is 11.8 Å². The molecule has 0 aliphatic carbocycles. The van der Waals surface area contributed by atoms with E-state index in [1.54, 1.807) is 21.1 Å². The summed E-state index contributed by atoms with van der Waals surface area (Å²) >= 11 is 0. The van der Waals surface area contributed by atoms with Gasteiger partial charge in [0.1, 0.15) is 5.75 Å². The number of hydrogen-bond acceptors (Lipinski definition) is 6. The van der Waals surface area contributed by atoms with Crippen molar-refractivity contribution in [2.75, 3.05) is 32.1 Å². The largest absolute Gasteiger partial charge is 0.497 e. The van der Waals surface area contributed by atoms with Crippen molar-refractivity contribution in [3.05, 3.63) is 36.0 Å². The molecule has 0 spiro atoms. The minimum absolute atomic E-state index is 0. The summed E-state index contributed by atoms with van der Waals surface area (Å²) < 4.78 is 10.4. The molecular formula is C17H25IN6O2. The lowest BCUT2D eigenvalue weighted by atomic mass is 10.2. The molecule has 2 N–H and O–H groups in total. The van der Waals surface area contributed by atoms with E-state index in [4.69, 9.17) is 9.26 Å². The molecule has 1 atom stereocenters. The Labute approximate surface area is 170 Å². The number of rotatable bonds is 5. The van der Waals surface area contributed by atoms with Crippen LogP contribution in [0.1, 0.15) is 18.1 Å². The van der Waals surface area contributed by atoms with Crippen LogP contribution in [0, 0.1) is 6.92 Å². The van der Waals surface area contributed by atoms with Gasteiger partial charge in [-0.1, -0.05) is 11.2 Å². The Morgan fingerprint density at radius 2 is 2.31 bits per heavy atom. The first-order chi connectivity index (χ1) is 12.2. The summed E-state index contributed by atoms with van der Waals surface area (Å²) in [6.07, 6.45) is 1.04. The number of aryl methyl sites for hydroxylation is 1. The Hall–Kier alpha value is -2.04. The van der Waals surface area contributed by atoms with Gasteiger partial charge in [-0.05, 0) is 25.5 Å². The van der Waals surface area contributed by atoms with Crippen molar-refractivity contribution >= 4 is 35.6 Å². The van der Waals surface area contributed by atoms with Gasteiger partial charge in [0.05, 0.1) is 13.7 Å². The minimum atomic E-state index is 0. The second kappa shape index (κ2) is 9.60. The Balaban J connectivity index is 0.00000243. The highest BCUT2D eigenvalue weighted by Crippen LogP contribution is 2.24. The number of halogens is 1. The molecule has 1 aliphatic heterocycles. The van der Waals surface area contributed by atoms with Crippen molar-refractivity contribution in [2.24, 2.45) is 4.99 Å². The summed E-state index contributed by atoms with van der Waals surface area (Å²) in [5.74, 6) is 2.78. The molecule has 0 saturated carbocycles. The third-order valence-electron chi connectivity index (χ3n) is 4.15. The summed E-state index contributed by atoms with van der Waals surface area (Å²) in [7, 11) is 3.44. The van der Waals surface area contributed by atoms with E-state index in [-0.39, 0.29) is 24.0 Å². The minimum Gasteiger partial charge on any atom is -0.497 e. The van der Waals surface area contributed by atoms with E-state index in [0.29, 0.717) is 24.3 Å². The lowest BCUT2D eigenvalue weighted by Crippen LogP contribution is -2.44. The Bertz CT molecular complexity index is 736. The predicted molar refractivity (Wildman–Crippen MR) is 111 cm³/mol. The molecule has 1 aliphatic rings. The molecule has 1 fully saturated rings. The number of hydrogen-bond donors (Lipinski definition) is 2. The number of ether oxygens (including phenoxy) is 1. The van der Waals surface area contributed by atoms with E-state index in [0.717, 1.165) is 31.2 Å². The average Bonchev–Trinajstić information content (AvgIpc) is 3.27. The van der Waals surface area contributed by atoms with Crippen LogP contribution in [-0.2, 0) is 6.54 Å². The molecular weight excluding hydrogens is 447 g/mol. The van der Waals surface area contributed by atoms with Crippen LogP contribution in [0.3, 0.4) is 0 Å². The number of anilines is 1. The van der Waals surface area contributed by atoms with E-state index < -0.39 is 0 Å². The third-order valence-corrected chi connectivity index (χ3v) is 4.15. The van der Waals surface area contributed by atoms with Crippen LogP contribution in [0.2, 0.25) is 0 Å². The number of aliphatic imine (C=N–C) groups is 1. The first kappa shape index (κ1) is 20.3. The van der Waals surface area contributed by atoms with E-state index in [2.05, 4.69) is 42.8 Å². The maximum atomic E-state index is 5.31. The van der Waals surface area contributed by atoms with Crippen molar-refractivity contribution in [3.8, 4) is 5.75 Å². The zero-order valence-electron chi connectivity index (χ0n) is 15.2. The summed E-state index contributed by atoms with van der Waals surface area (Å²) in [6.45, 7) is 4.15. The fourth-order valence-electron chi connectivity index (χ4n) is 2.88. The fraction of sp³-hybridized carbons (Fsp3) is 0.471. The van der Waals surface area contributed by atoms with E-state index >= 15 is 0 Å². The van der Waals surface area contributed by atoms with Gasteiger partial charge >= 0.3 is 0 Å². The van der Waals surface area contributed by atoms with Crippen LogP contribution < -0.4 is 20.3 Å². The topological polar surface area (TPSA) is 87.8 Å². The van der Waals surface area contributed by atoms with E-state index in [1.807, 2.05) is 12.1 Å². The molecule has 0 radical (unpaired) electrons. The number of aromatic nitrogens is 2. The quantitative estimate of drug-likeness (QED) is 0.391. The Morgan fingerprint density at radius 3 is 3.00 bits per heavy atom. The van der Waals surface area contributed by atoms with Crippen molar-refractivity contribution in [3.63, 3.8) is 0 Å². The van der Waals surface area contributed by atoms with Gasteiger partial charge in [-0.25, -0.2) is 0 Å². The normalized spacial score (nSPS) is 17.0. The van der Waals surface area contributed by atoms with Crippen LogP contribution in [-0.4, -0.2) is 49.4 Å². The van der Waals surface area contributed by atoms with Gasteiger partial charge in [0, 0.05) is 37.9 Å². The SMILES string of the molecule is CN=C(NCc1nc(C)no1)NC1CCN(c2cccc(OC)c2)C1.I. The second-order valence-corrected chi connectivity index (χ2v) is 5.94. The van der Waals surface area contributed by atoms with Crippen LogP contribution in [0.4, 0.5) is 5.69 Å². The molecule has 1 aromatic carbocycles. The fourth-order valence-corrected chi connectivity index (χ4v) is 2.88. The molecule has 142 valence electrons. The van der Waals surface area contributed by atoms with Crippen molar-refractivity contribution < 1.29 is 9.26 Å². The van der Waals surface area contributed by atoms with Gasteiger partial charge in [-0.2, -0.15) is 4.98 Å². The summed E-state index contributed by atoms with van der Waals surface area (Å²) in [4.78, 5) is 10.8. The Kier molecular flexibility index (Phi) is 7.49. The first-order valence-electron chi connectivity index (χ1n) is 8.33. The van der Waals surface area contributed by atoms with Gasteiger partial charge in [-0.3, -0.25) is 4.99 Å². The van der Waals surface area contributed by atoms with Crippen molar-refractivity contribution in [1.82, 2.24) is 20.8 Å². The summed E-state index contributed by atoms with van der Waals surface area (Å²) in [5, 5.41) is 10.4. The average molecular weight is 472 g/mol. The van der Waals surface area contributed by atoms with Crippen LogP contribution in [0.25, 0.3) is 0 Å². The van der Waals surface area contributed by atoms with Crippen molar-refractivity contribution in [2.45, 2.75) is 25.9 Å². The zero-order valence-corrected chi connectivity index (χ0v) is 17.6. The molecule has 8 nitrogen and oxygen atoms in total. The van der Waals surface area contributed by atoms with E-state index in [1.165, 1.54) is 5.69 Å². The summed E-state index contributed by atoms with van der Waals surface area (Å²) in [5.41, 5.74) is 1.17.